The molecule has 5 rings (SSSR count). The van der Waals surface area contributed by atoms with Crippen LogP contribution in [0.2, 0.25) is 0 Å². The number of nitrogens with one attached hydrogen (secondary N) is 2. The minimum absolute atomic E-state index is 0.00855. The zero-order chi connectivity index (χ0) is 28.5. The van der Waals surface area contributed by atoms with E-state index in [1.54, 1.807) is 48.5 Å². The molecule has 0 saturated carbocycles. The van der Waals surface area contributed by atoms with Crippen molar-refractivity contribution in [3.63, 3.8) is 0 Å². The molecule has 2 N–H and O–H groups in total. The van der Waals surface area contributed by atoms with Crippen LogP contribution in [0.25, 0.3) is 11.0 Å². The van der Waals surface area contributed by atoms with Gasteiger partial charge in [-0.15, -0.1) is 0 Å². The van der Waals surface area contributed by atoms with Gasteiger partial charge in [-0.2, -0.15) is 13.2 Å². The summed E-state index contributed by atoms with van der Waals surface area (Å²) in [5.74, 6) is 1.69. The summed E-state index contributed by atoms with van der Waals surface area (Å²) in [7, 11) is 1.84. The molecule has 210 valence electrons. The molecular formula is C28H28F4N6O2. The topological polar surface area (TPSA) is 84.3 Å². The van der Waals surface area contributed by atoms with Crippen LogP contribution in [0.15, 0.2) is 60.8 Å². The van der Waals surface area contributed by atoms with Crippen molar-refractivity contribution in [3.8, 4) is 11.5 Å². The van der Waals surface area contributed by atoms with E-state index in [9.17, 15) is 18.0 Å². The van der Waals surface area contributed by atoms with Gasteiger partial charge < -0.3 is 19.9 Å². The van der Waals surface area contributed by atoms with E-state index >= 15 is 4.39 Å². The molecule has 1 saturated heterocycles. The molecule has 2 aromatic carbocycles. The van der Waals surface area contributed by atoms with Gasteiger partial charge in [0, 0.05) is 51.1 Å². The summed E-state index contributed by atoms with van der Waals surface area (Å²) < 4.78 is 61.8. The number of aryl methyl sites for hydroxylation is 1. The molecule has 1 aliphatic heterocycles. The number of rotatable bonds is 7. The standard InChI is InChI=1S/C28H28F4N6O2/c1-18(39)34-25-16-22(8-11-33-25)40-21-6-7-24-23(15-21)36-26(37(24)2)35-20-5-3-4-19(14-20)27(29)9-12-38(13-10-27)17-28(30,31)32/h3-8,11,14-16H,9-10,12-13,17H2,1-2H3,(H,35,36)(H,33,34,39). The lowest BCUT2D eigenvalue weighted by Gasteiger charge is -2.37. The highest BCUT2D eigenvalue weighted by molar-refractivity contribution is 5.87. The van der Waals surface area contributed by atoms with Crippen LogP contribution in [0.3, 0.4) is 0 Å². The third-order valence-electron chi connectivity index (χ3n) is 6.81. The first kappa shape index (κ1) is 27.4. The van der Waals surface area contributed by atoms with Crippen LogP contribution in [0.1, 0.15) is 25.3 Å². The van der Waals surface area contributed by atoms with Crippen molar-refractivity contribution < 1.29 is 27.1 Å². The number of benzene rings is 2. The molecular weight excluding hydrogens is 528 g/mol. The zero-order valence-electron chi connectivity index (χ0n) is 21.9. The normalized spacial score (nSPS) is 15.7. The van der Waals surface area contributed by atoms with Crippen LogP contribution in [0, 0.1) is 0 Å². The molecule has 0 spiro atoms. The number of amides is 1. The summed E-state index contributed by atoms with van der Waals surface area (Å²) in [6.45, 7) is 0.450. The van der Waals surface area contributed by atoms with Crippen LogP contribution in [0.5, 0.6) is 11.5 Å². The number of fused-ring (bicyclic) bond motifs is 1. The first-order valence-corrected chi connectivity index (χ1v) is 12.7. The summed E-state index contributed by atoms with van der Waals surface area (Å²) in [4.78, 5) is 21.3. The molecule has 4 aromatic rings. The summed E-state index contributed by atoms with van der Waals surface area (Å²) in [5, 5.41) is 5.84. The minimum atomic E-state index is -4.30. The number of piperidine rings is 1. The third kappa shape index (κ3) is 6.33. The highest BCUT2D eigenvalue weighted by atomic mass is 19.4. The number of nitrogens with zero attached hydrogens (tertiary/aromatic N) is 4. The van der Waals surface area contributed by atoms with Gasteiger partial charge in [0.2, 0.25) is 11.9 Å². The Balaban J connectivity index is 1.30. The van der Waals surface area contributed by atoms with Gasteiger partial charge in [-0.3, -0.25) is 9.69 Å². The molecule has 3 heterocycles. The number of hydrogen-bond acceptors (Lipinski definition) is 6. The maximum absolute atomic E-state index is 15.8. The van der Waals surface area contributed by atoms with E-state index in [0.29, 0.717) is 40.0 Å². The van der Waals surface area contributed by atoms with Crippen LogP contribution < -0.4 is 15.4 Å². The lowest BCUT2D eigenvalue weighted by molar-refractivity contribution is -0.151. The molecule has 0 radical (unpaired) electrons. The molecule has 0 atom stereocenters. The van der Waals surface area contributed by atoms with Crippen LogP contribution in [-0.2, 0) is 17.5 Å². The van der Waals surface area contributed by atoms with Gasteiger partial charge in [0.25, 0.3) is 0 Å². The van der Waals surface area contributed by atoms with E-state index in [2.05, 4.69) is 20.6 Å². The number of likely N-dealkylation sites (tertiary alicyclic amines) is 1. The maximum Gasteiger partial charge on any atom is 0.401 e. The highest BCUT2D eigenvalue weighted by Crippen LogP contribution is 2.39. The first-order chi connectivity index (χ1) is 19.0. The van der Waals surface area contributed by atoms with E-state index in [1.807, 2.05) is 17.7 Å². The number of carbonyl (C=O) groups excluding carboxylic acids is 1. The van der Waals surface area contributed by atoms with E-state index < -0.39 is 18.4 Å². The van der Waals surface area contributed by atoms with Crippen molar-refractivity contribution in [2.45, 2.75) is 31.6 Å². The van der Waals surface area contributed by atoms with E-state index in [4.69, 9.17) is 4.74 Å². The first-order valence-electron chi connectivity index (χ1n) is 12.7. The Morgan fingerprint density at radius 1 is 1.07 bits per heavy atom. The number of hydrogen-bond donors (Lipinski definition) is 2. The molecule has 2 aromatic heterocycles. The number of pyridine rings is 1. The molecule has 0 aliphatic carbocycles. The van der Waals surface area contributed by atoms with Crippen LogP contribution in [0.4, 0.5) is 35.0 Å². The second kappa shape index (κ2) is 10.8. The Morgan fingerprint density at radius 2 is 1.82 bits per heavy atom. The highest BCUT2D eigenvalue weighted by Gasteiger charge is 2.39. The predicted octanol–water partition coefficient (Wildman–Crippen LogP) is 6.29. The van der Waals surface area contributed by atoms with Crippen LogP contribution in [-0.4, -0.2) is 51.2 Å². The maximum atomic E-state index is 15.8. The summed E-state index contributed by atoms with van der Waals surface area (Å²) in [5.41, 5.74) is 0.831. The fourth-order valence-electron chi connectivity index (χ4n) is 4.83. The van der Waals surface area contributed by atoms with Crippen molar-refractivity contribution >= 4 is 34.4 Å². The minimum Gasteiger partial charge on any atom is -0.457 e. The Bertz CT molecular complexity index is 1530. The Hall–Kier alpha value is -4.19. The van der Waals surface area contributed by atoms with Crippen molar-refractivity contribution in [2.24, 2.45) is 7.05 Å². The molecule has 0 unspecified atom stereocenters. The van der Waals surface area contributed by atoms with Gasteiger partial charge in [-0.25, -0.2) is 14.4 Å². The van der Waals surface area contributed by atoms with Crippen molar-refractivity contribution in [2.75, 3.05) is 30.3 Å². The quantitative estimate of drug-likeness (QED) is 0.261. The van der Waals surface area contributed by atoms with Gasteiger partial charge in [-0.05, 0) is 48.7 Å². The van der Waals surface area contributed by atoms with Crippen molar-refractivity contribution in [1.82, 2.24) is 19.4 Å². The SMILES string of the molecule is CC(=O)Nc1cc(Oc2ccc3c(c2)nc(Nc2cccc(C4(F)CCN(CC(F)(F)F)CC4)c2)n3C)ccn1. The van der Waals surface area contributed by atoms with Crippen molar-refractivity contribution in [3.05, 3.63) is 66.4 Å². The third-order valence-corrected chi connectivity index (χ3v) is 6.81. The average molecular weight is 557 g/mol. The Morgan fingerprint density at radius 3 is 2.55 bits per heavy atom. The number of ether oxygens (including phenoxy) is 1. The number of imidazole rings is 1. The Labute approximate surface area is 228 Å². The average Bonchev–Trinajstić information content (AvgIpc) is 3.19. The molecule has 1 aliphatic rings. The van der Waals surface area contributed by atoms with Gasteiger partial charge in [0.05, 0.1) is 17.6 Å². The van der Waals surface area contributed by atoms with Gasteiger partial charge in [-0.1, -0.05) is 12.1 Å². The molecule has 8 nitrogen and oxygen atoms in total. The smallest absolute Gasteiger partial charge is 0.401 e. The fraction of sp³-hybridized carbons (Fsp3) is 0.321. The summed E-state index contributed by atoms with van der Waals surface area (Å²) in [6, 6.07) is 15.6. The lowest BCUT2D eigenvalue weighted by atomic mass is 9.86. The number of carbonyl (C=O) groups is 1. The van der Waals surface area contributed by atoms with Crippen LogP contribution >= 0.6 is 0 Å². The molecule has 12 heteroatoms. The van der Waals surface area contributed by atoms with Gasteiger partial charge >= 0.3 is 6.18 Å². The largest absolute Gasteiger partial charge is 0.457 e. The number of aromatic nitrogens is 3. The monoisotopic (exact) mass is 556 g/mol. The van der Waals surface area contributed by atoms with E-state index in [1.165, 1.54) is 18.0 Å². The summed E-state index contributed by atoms with van der Waals surface area (Å²) >= 11 is 0. The van der Waals surface area contributed by atoms with Gasteiger partial charge in [0.15, 0.2) is 0 Å². The van der Waals surface area contributed by atoms with E-state index in [-0.39, 0.29) is 31.8 Å². The Kier molecular flexibility index (Phi) is 7.37. The summed E-state index contributed by atoms with van der Waals surface area (Å²) in [6.07, 6.45) is -2.78. The van der Waals surface area contributed by atoms with Crippen molar-refractivity contribution in [1.29, 1.82) is 0 Å². The van der Waals surface area contributed by atoms with Gasteiger partial charge in [0.1, 0.15) is 23.0 Å². The second-order valence-electron chi connectivity index (χ2n) is 9.87. The van der Waals surface area contributed by atoms with E-state index in [0.717, 1.165) is 5.52 Å². The number of alkyl halides is 4. The molecule has 1 fully saturated rings. The number of halogens is 4. The molecule has 40 heavy (non-hydrogen) atoms. The lowest BCUT2D eigenvalue weighted by Crippen LogP contribution is -2.44. The predicted molar refractivity (Wildman–Crippen MR) is 144 cm³/mol. The second-order valence-corrected chi connectivity index (χ2v) is 9.87. The zero-order valence-corrected chi connectivity index (χ0v) is 21.9. The fourth-order valence-corrected chi connectivity index (χ4v) is 4.83. The molecule has 1 amide bonds. The number of anilines is 3. The molecule has 0 bridgehead atoms.